The molecule has 0 unspecified atom stereocenters. The van der Waals surface area contributed by atoms with Crippen LogP contribution in [0.5, 0.6) is 0 Å². The molecule has 1 heterocycles. The fourth-order valence-electron chi connectivity index (χ4n) is 0.784. The van der Waals surface area contributed by atoms with Crippen molar-refractivity contribution in [1.82, 2.24) is 4.98 Å². The van der Waals surface area contributed by atoms with E-state index >= 15 is 0 Å². The molecule has 0 aromatic carbocycles. The molecule has 0 amide bonds. The van der Waals surface area contributed by atoms with Crippen molar-refractivity contribution in [2.45, 2.75) is 13.5 Å². The molecule has 0 aliphatic rings. The lowest BCUT2D eigenvalue weighted by atomic mass is 10.3. The Balaban J connectivity index is 3.24. The normalized spacial score (nSPS) is 10.2. The van der Waals surface area contributed by atoms with Crippen LogP contribution in [0.15, 0.2) is 15.0 Å². The van der Waals surface area contributed by atoms with E-state index in [0.717, 1.165) is 14.6 Å². The van der Waals surface area contributed by atoms with E-state index in [4.69, 9.17) is 5.11 Å². The third-order valence-corrected chi connectivity index (χ3v) is 3.30. The van der Waals surface area contributed by atoms with Crippen molar-refractivity contribution in [3.05, 3.63) is 26.4 Å². The molecule has 0 aliphatic carbocycles. The van der Waals surface area contributed by atoms with Crippen molar-refractivity contribution < 1.29 is 5.11 Å². The summed E-state index contributed by atoms with van der Waals surface area (Å²) in [4.78, 5) is 4.13. The van der Waals surface area contributed by atoms with Crippen molar-refractivity contribution in [3.63, 3.8) is 0 Å². The van der Waals surface area contributed by atoms with Crippen LogP contribution in [-0.4, -0.2) is 10.1 Å². The Morgan fingerprint density at radius 2 is 2.18 bits per heavy atom. The van der Waals surface area contributed by atoms with Gasteiger partial charge in [-0.3, -0.25) is 4.98 Å². The second-order valence-corrected chi connectivity index (χ2v) is 3.81. The molecule has 0 fully saturated rings. The standard InChI is InChI=1S/C7H7Br2NO/c1-4-2-5(8)7(9)6(3-11)10-4/h2,11H,3H2,1H3. The zero-order valence-electron chi connectivity index (χ0n) is 5.93. The molecule has 0 radical (unpaired) electrons. The smallest absolute Gasteiger partial charge is 0.0865 e. The van der Waals surface area contributed by atoms with Gasteiger partial charge in [0.15, 0.2) is 0 Å². The SMILES string of the molecule is Cc1cc(Br)c(Br)c(CO)n1. The maximum absolute atomic E-state index is 8.85. The first-order valence-electron chi connectivity index (χ1n) is 3.07. The van der Waals surface area contributed by atoms with Gasteiger partial charge in [-0.2, -0.15) is 0 Å². The number of hydrogen-bond acceptors (Lipinski definition) is 2. The van der Waals surface area contributed by atoms with Gasteiger partial charge in [-0.15, -0.1) is 0 Å². The zero-order chi connectivity index (χ0) is 8.43. The lowest BCUT2D eigenvalue weighted by Gasteiger charge is -2.03. The Kier molecular flexibility index (Phi) is 3.04. The fraction of sp³-hybridized carbons (Fsp3) is 0.286. The Morgan fingerprint density at radius 1 is 1.55 bits per heavy atom. The number of aromatic nitrogens is 1. The topological polar surface area (TPSA) is 33.1 Å². The summed E-state index contributed by atoms with van der Waals surface area (Å²) in [5.41, 5.74) is 1.56. The van der Waals surface area contributed by atoms with E-state index in [1.807, 2.05) is 13.0 Å². The van der Waals surface area contributed by atoms with Crippen LogP contribution < -0.4 is 0 Å². The predicted octanol–water partition coefficient (Wildman–Crippen LogP) is 2.41. The Bertz CT molecular complexity index is 275. The molecule has 1 N–H and O–H groups in total. The van der Waals surface area contributed by atoms with E-state index in [2.05, 4.69) is 36.8 Å². The van der Waals surface area contributed by atoms with E-state index in [0.29, 0.717) is 5.69 Å². The average Bonchev–Trinajstić information content (AvgIpc) is 1.96. The van der Waals surface area contributed by atoms with Gasteiger partial charge in [0.05, 0.1) is 16.8 Å². The third-order valence-electron chi connectivity index (χ3n) is 1.26. The second-order valence-electron chi connectivity index (χ2n) is 2.16. The molecular formula is C7H7Br2NO. The number of aryl methyl sites for hydroxylation is 1. The van der Waals surface area contributed by atoms with Crippen molar-refractivity contribution in [2.75, 3.05) is 0 Å². The molecule has 0 aliphatic heterocycles. The minimum absolute atomic E-state index is 0.0408. The number of rotatable bonds is 1. The number of aliphatic hydroxyl groups excluding tert-OH is 1. The highest BCUT2D eigenvalue weighted by Gasteiger charge is 2.04. The summed E-state index contributed by atoms with van der Waals surface area (Å²) in [6, 6.07) is 1.89. The monoisotopic (exact) mass is 279 g/mol. The van der Waals surface area contributed by atoms with Crippen LogP contribution in [-0.2, 0) is 6.61 Å². The summed E-state index contributed by atoms with van der Waals surface area (Å²) < 4.78 is 1.75. The fourth-order valence-corrected chi connectivity index (χ4v) is 1.67. The Morgan fingerprint density at radius 3 is 2.73 bits per heavy atom. The maximum Gasteiger partial charge on any atom is 0.0865 e. The highest BCUT2D eigenvalue weighted by molar-refractivity contribution is 9.13. The molecule has 0 saturated carbocycles. The highest BCUT2D eigenvalue weighted by atomic mass is 79.9. The summed E-state index contributed by atoms with van der Waals surface area (Å²) in [6.45, 7) is 1.84. The minimum Gasteiger partial charge on any atom is -0.390 e. The van der Waals surface area contributed by atoms with E-state index in [1.54, 1.807) is 0 Å². The number of nitrogens with zero attached hydrogens (tertiary/aromatic N) is 1. The summed E-state index contributed by atoms with van der Waals surface area (Å²) in [5, 5.41) is 8.85. The van der Waals surface area contributed by atoms with Crippen LogP contribution in [0.2, 0.25) is 0 Å². The van der Waals surface area contributed by atoms with Crippen molar-refractivity contribution in [1.29, 1.82) is 0 Å². The van der Waals surface area contributed by atoms with E-state index in [-0.39, 0.29) is 6.61 Å². The summed E-state index contributed by atoms with van der Waals surface area (Å²) >= 11 is 6.64. The van der Waals surface area contributed by atoms with Crippen LogP contribution >= 0.6 is 31.9 Å². The molecule has 0 atom stereocenters. The van der Waals surface area contributed by atoms with Gasteiger partial charge in [0.25, 0.3) is 0 Å². The largest absolute Gasteiger partial charge is 0.390 e. The molecule has 0 bridgehead atoms. The molecule has 11 heavy (non-hydrogen) atoms. The van der Waals surface area contributed by atoms with Gasteiger partial charge in [0.1, 0.15) is 0 Å². The van der Waals surface area contributed by atoms with Gasteiger partial charge in [0, 0.05) is 10.2 Å². The number of pyridine rings is 1. The molecule has 4 heteroatoms. The number of hydrogen-bond donors (Lipinski definition) is 1. The molecule has 2 nitrogen and oxygen atoms in total. The highest BCUT2D eigenvalue weighted by Crippen LogP contribution is 2.26. The van der Waals surface area contributed by atoms with Crippen LogP contribution in [0.4, 0.5) is 0 Å². The van der Waals surface area contributed by atoms with Gasteiger partial charge in [-0.25, -0.2) is 0 Å². The average molecular weight is 281 g/mol. The summed E-state index contributed by atoms with van der Waals surface area (Å²) in [5.74, 6) is 0. The molecule has 1 aromatic heterocycles. The van der Waals surface area contributed by atoms with E-state index < -0.39 is 0 Å². The van der Waals surface area contributed by atoms with Gasteiger partial charge >= 0.3 is 0 Å². The number of halogens is 2. The van der Waals surface area contributed by atoms with Gasteiger partial charge in [-0.1, -0.05) is 0 Å². The van der Waals surface area contributed by atoms with Crippen molar-refractivity contribution >= 4 is 31.9 Å². The molecule has 60 valence electrons. The molecular weight excluding hydrogens is 274 g/mol. The predicted molar refractivity (Wildman–Crippen MR) is 50.3 cm³/mol. The van der Waals surface area contributed by atoms with Gasteiger partial charge in [0.2, 0.25) is 0 Å². The second kappa shape index (κ2) is 3.65. The van der Waals surface area contributed by atoms with Crippen molar-refractivity contribution in [2.24, 2.45) is 0 Å². The summed E-state index contributed by atoms with van der Waals surface area (Å²) in [6.07, 6.45) is 0. The lowest BCUT2D eigenvalue weighted by molar-refractivity contribution is 0.275. The van der Waals surface area contributed by atoms with Crippen LogP contribution in [0, 0.1) is 6.92 Å². The first-order chi connectivity index (χ1) is 5.15. The first kappa shape index (κ1) is 9.16. The Labute approximate surface area is 81.9 Å². The first-order valence-corrected chi connectivity index (χ1v) is 4.66. The maximum atomic E-state index is 8.85. The van der Waals surface area contributed by atoms with Gasteiger partial charge in [-0.05, 0) is 44.8 Å². The van der Waals surface area contributed by atoms with Crippen LogP contribution in [0.25, 0.3) is 0 Å². The summed E-state index contributed by atoms with van der Waals surface area (Å²) in [7, 11) is 0. The molecule has 0 saturated heterocycles. The molecule has 1 aromatic rings. The quantitative estimate of drug-likeness (QED) is 0.857. The molecule has 1 rings (SSSR count). The zero-order valence-corrected chi connectivity index (χ0v) is 9.11. The van der Waals surface area contributed by atoms with Crippen LogP contribution in [0.3, 0.4) is 0 Å². The van der Waals surface area contributed by atoms with Crippen molar-refractivity contribution in [3.8, 4) is 0 Å². The lowest BCUT2D eigenvalue weighted by Crippen LogP contribution is -1.93. The third kappa shape index (κ3) is 2.01. The number of aliphatic hydroxyl groups is 1. The van der Waals surface area contributed by atoms with E-state index in [1.165, 1.54) is 0 Å². The van der Waals surface area contributed by atoms with Crippen LogP contribution in [0.1, 0.15) is 11.4 Å². The van der Waals surface area contributed by atoms with E-state index in [9.17, 15) is 0 Å². The minimum atomic E-state index is -0.0408. The Hall–Kier alpha value is 0.0700. The molecule has 0 spiro atoms. The van der Waals surface area contributed by atoms with Gasteiger partial charge < -0.3 is 5.11 Å².